The third kappa shape index (κ3) is 5.05. The summed E-state index contributed by atoms with van der Waals surface area (Å²) in [5, 5.41) is 3.45. The minimum absolute atomic E-state index is 0.144. The van der Waals surface area contributed by atoms with Gasteiger partial charge in [0.25, 0.3) is 0 Å². The summed E-state index contributed by atoms with van der Waals surface area (Å²) in [5.41, 5.74) is 1.07. The van der Waals surface area contributed by atoms with Gasteiger partial charge in [-0.15, -0.1) is 0 Å². The molecule has 1 aromatic rings. The van der Waals surface area contributed by atoms with Crippen LogP contribution in [0.3, 0.4) is 0 Å². The molecular formula is C15H25FN2. The van der Waals surface area contributed by atoms with E-state index in [0.29, 0.717) is 6.04 Å². The zero-order chi connectivity index (χ0) is 13.8. The van der Waals surface area contributed by atoms with Gasteiger partial charge in [-0.3, -0.25) is 0 Å². The van der Waals surface area contributed by atoms with Crippen molar-refractivity contribution < 1.29 is 4.39 Å². The Bertz CT molecular complexity index is 375. The summed E-state index contributed by atoms with van der Waals surface area (Å²) >= 11 is 0. The molecule has 0 radical (unpaired) electrons. The molecule has 1 aromatic carbocycles. The molecule has 102 valence electrons. The van der Waals surface area contributed by atoms with Crippen molar-refractivity contribution in [2.45, 2.75) is 33.7 Å². The van der Waals surface area contributed by atoms with Gasteiger partial charge in [0.1, 0.15) is 5.82 Å². The molecule has 3 heteroatoms. The van der Waals surface area contributed by atoms with Crippen LogP contribution in [0.1, 0.15) is 27.7 Å². The van der Waals surface area contributed by atoms with Gasteiger partial charge in [-0.1, -0.05) is 33.8 Å². The standard InChI is InChI=1S/C15H25FN2/c1-12(2)17-10-15(3,4)11-18(5)14-8-6-7-13(16)9-14/h6-9,12,17H,10-11H2,1-5H3. The van der Waals surface area contributed by atoms with Crippen LogP contribution >= 0.6 is 0 Å². The SMILES string of the molecule is CC(C)NCC(C)(C)CN(C)c1cccc(F)c1. The minimum atomic E-state index is -0.183. The molecule has 1 N–H and O–H groups in total. The predicted molar refractivity (Wildman–Crippen MR) is 76.6 cm³/mol. The Morgan fingerprint density at radius 1 is 1.33 bits per heavy atom. The van der Waals surface area contributed by atoms with Crippen LogP contribution in [0.4, 0.5) is 10.1 Å². The molecule has 0 unspecified atom stereocenters. The van der Waals surface area contributed by atoms with E-state index in [2.05, 4.69) is 37.9 Å². The fourth-order valence-corrected chi connectivity index (χ4v) is 1.98. The van der Waals surface area contributed by atoms with Crippen LogP contribution in [-0.2, 0) is 0 Å². The first-order valence-corrected chi connectivity index (χ1v) is 6.50. The largest absolute Gasteiger partial charge is 0.374 e. The van der Waals surface area contributed by atoms with E-state index >= 15 is 0 Å². The molecule has 18 heavy (non-hydrogen) atoms. The van der Waals surface area contributed by atoms with E-state index in [0.717, 1.165) is 18.8 Å². The molecule has 0 aliphatic heterocycles. The molecule has 0 amide bonds. The van der Waals surface area contributed by atoms with Crippen LogP contribution < -0.4 is 10.2 Å². The number of benzene rings is 1. The molecular weight excluding hydrogens is 227 g/mol. The maximum absolute atomic E-state index is 13.2. The highest BCUT2D eigenvalue weighted by Gasteiger charge is 2.20. The van der Waals surface area contributed by atoms with Crippen LogP contribution in [0.25, 0.3) is 0 Å². The van der Waals surface area contributed by atoms with Crippen molar-refractivity contribution in [1.82, 2.24) is 5.32 Å². The number of halogens is 1. The number of nitrogens with zero attached hydrogens (tertiary/aromatic N) is 1. The van der Waals surface area contributed by atoms with E-state index in [9.17, 15) is 4.39 Å². The lowest BCUT2D eigenvalue weighted by atomic mass is 9.92. The van der Waals surface area contributed by atoms with Crippen molar-refractivity contribution in [2.75, 3.05) is 25.0 Å². The van der Waals surface area contributed by atoms with Crippen molar-refractivity contribution >= 4 is 5.69 Å². The Labute approximate surface area is 110 Å². The molecule has 0 aromatic heterocycles. The average Bonchev–Trinajstić information content (AvgIpc) is 2.26. The first-order chi connectivity index (χ1) is 8.30. The first-order valence-electron chi connectivity index (χ1n) is 6.50. The van der Waals surface area contributed by atoms with E-state index in [4.69, 9.17) is 0 Å². The van der Waals surface area contributed by atoms with Gasteiger partial charge in [0.15, 0.2) is 0 Å². The number of rotatable bonds is 6. The second-order valence-electron chi connectivity index (χ2n) is 6.04. The van der Waals surface area contributed by atoms with Crippen LogP contribution in [0.5, 0.6) is 0 Å². The molecule has 2 nitrogen and oxygen atoms in total. The second kappa shape index (κ2) is 6.19. The lowest BCUT2D eigenvalue weighted by Crippen LogP contribution is -2.41. The smallest absolute Gasteiger partial charge is 0.125 e. The summed E-state index contributed by atoms with van der Waals surface area (Å²) in [6.07, 6.45) is 0. The van der Waals surface area contributed by atoms with Crippen molar-refractivity contribution in [3.8, 4) is 0 Å². The van der Waals surface area contributed by atoms with E-state index < -0.39 is 0 Å². The fourth-order valence-electron chi connectivity index (χ4n) is 1.98. The third-order valence-corrected chi connectivity index (χ3v) is 2.90. The normalized spacial score (nSPS) is 11.9. The maximum atomic E-state index is 13.2. The molecule has 0 bridgehead atoms. The average molecular weight is 252 g/mol. The van der Waals surface area contributed by atoms with Crippen molar-refractivity contribution in [3.63, 3.8) is 0 Å². The highest BCUT2D eigenvalue weighted by atomic mass is 19.1. The highest BCUT2D eigenvalue weighted by molar-refractivity contribution is 5.45. The van der Waals surface area contributed by atoms with Gasteiger partial charge in [-0.2, -0.15) is 0 Å². The van der Waals surface area contributed by atoms with Crippen molar-refractivity contribution in [1.29, 1.82) is 0 Å². The zero-order valence-corrected chi connectivity index (χ0v) is 12.1. The summed E-state index contributed by atoms with van der Waals surface area (Å²) in [7, 11) is 2.01. The molecule has 0 aliphatic carbocycles. The lowest BCUT2D eigenvalue weighted by molar-refractivity contribution is 0.333. The van der Waals surface area contributed by atoms with E-state index in [1.807, 2.05) is 13.1 Å². The monoisotopic (exact) mass is 252 g/mol. The predicted octanol–water partition coefficient (Wildman–Crippen LogP) is 3.29. The van der Waals surface area contributed by atoms with Gasteiger partial charge in [0.2, 0.25) is 0 Å². The van der Waals surface area contributed by atoms with Gasteiger partial charge < -0.3 is 10.2 Å². The Balaban J connectivity index is 2.60. The quantitative estimate of drug-likeness (QED) is 0.836. The Kier molecular flexibility index (Phi) is 5.15. The molecule has 0 heterocycles. The van der Waals surface area contributed by atoms with E-state index in [-0.39, 0.29) is 11.2 Å². The van der Waals surface area contributed by atoms with Crippen LogP contribution in [0.15, 0.2) is 24.3 Å². The van der Waals surface area contributed by atoms with Gasteiger partial charge in [-0.25, -0.2) is 4.39 Å². The molecule has 0 saturated carbocycles. The molecule has 1 rings (SSSR count). The Morgan fingerprint density at radius 3 is 2.56 bits per heavy atom. The Morgan fingerprint density at radius 2 is 2.00 bits per heavy atom. The maximum Gasteiger partial charge on any atom is 0.125 e. The summed E-state index contributed by atoms with van der Waals surface area (Å²) < 4.78 is 13.2. The molecule has 0 spiro atoms. The molecule has 0 fully saturated rings. The van der Waals surface area contributed by atoms with E-state index in [1.165, 1.54) is 6.07 Å². The van der Waals surface area contributed by atoms with Crippen LogP contribution in [0, 0.1) is 11.2 Å². The van der Waals surface area contributed by atoms with Gasteiger partial charge in [0, 0.05) is 31.9 Å². The number of hydrogen-bond donors (Lipinski definition) is 1. The number of anilines is 1. The van der Waals surface area contributed by atoms with Crippen molar-refractivity contribution in [3.05, 3.63) is 30.1 Å². The lowest BCUT2D eigenvalue weighted by Gasteiger charge is -2.32. The zero-order valence-electron chi connectivity index (χ0n) is 12.1. The minimum Gasteiger partial charge on any atom is -0.374 e. The molecule has 0 atom stereocenters. The molecule has 0 aliphatic rings. The summed E-state index contributed by atoms with van der Waals surface area (Å²) in [5.74, 6) is -0.183. The van der Waals surface area contributed by atoms with Gasteiger partial charge in [0.05, 0.1) is 0 Å². The second-order valence-corrected chi connectivity index (χ2v) is 6.04. The van der Waals surface area contributed by atoms with Crippen molar-refractivity contribution in [2.24, 2.45) is 5.41 Å². The van der Waals surface area contributed by atoms with E-state index in [1.54, 1.807) is 12.1 Å². The van der Waals surface area contributed by atoms with Crippen LogP contribution in [0.2, 0.25) is 0 Å². The Hall–Kier alpha value is -1.09. The van der Waals surface area contributed by atoms with Crippen LogP contribution in [-0.4, -0.2) is 26.2 Å². The first kappa shape index (κ1) is 15.0. The van der Waals surface area contributed by atoms with Gasteiger partial charge in [-0.05, 0) is 23.6 Å². The highest BCUT2D eigenvalue weighted by Crippen LogP contribution is 2.21. The summed E-state index contributed by atoms with van der Waals surface area (Å²) in [6, 6.07) is 7.23. The topological polar surface area (TPSA) is 15.3 Å². The third-order valence-electron chi connectivity index (χ3n) is 2.90. The summed E-state index contributed by atoms with van der Waals surface area (Å²) in [4.78, 5) is 2.10. The number of nitrogens with one attached hydrogen (secondary N) is 1. The fraction of sp³-hybridized carbons (Fsp3) is 0.600. The summed E-state index contributed by atoms with van der Waals surface area (Å²) in [6.45, 7) is 10.6. The number of hydrogen-bond acceptors (Lipinski definition) is 2. The molecule has 0 saturated heterocycles. The van der Waals surface area contributed by atoms with Gasteiger partial charge >= 0.3 is 0 Å².